The summed E-state index contributed by atoms with van der Waals surface area (Å²) in [5, 5.41) is 0.875. The SMILES string of the molecule is Cc1ccc(CN(C)c2cc(C(=O)N3CCOCC3)c3ccccc3n2)o1. The van der Waals surface area contributed by atoms with Gasteiger partial charge in [0.25, 0.3) is 5.91 Å². The Morgan fingerprint density at radius 2 is 1.96 bits per heavy atom. The number of para-hydroxylation sites is 1. The first-order valence-electron chi connectivity index (χ1n) is 9.15. The quantitative estimate of drug-likeness (QED) is 0.710. The zero-order chi connectivity index (χ0) is 18.8. The molecule has 1 amide bonds. The lowest BCUT2D eigenvalue weighted by molar-refractivity contribution is 0.0304. The molecule has 0 atom stereocenters. The van der Waals surface area contributed by atoms with E-state index < -0.39 is 0 Å². The minimum absolute atomic E-state index is 0.0281. The Labute approximate surface area is 158 Å². The number of furan rings is 1. The van der Waals surface area contributed by atoms with E-state index in [2.05, 4.69) is 0 Å². The molecule has 3 aromatic rings. The molecule has 6 nitrogen and oxygen atoms in total. The normalized spacial score (nSPS) is 14.5. The minimum atomic E-state index is 0.0281. The standard InChI is InChI=1S/C21H23N3O3/c1-15-7-8-16(27-15)14-23(2)20-13-18(17-5-3-4-6-19(17)22-20)21(25)24-9-11-26-12-10-24/h3-8,13H,9-12,14H2,1-2H3. The second-order valence-electron chi connectivity index (χ2n) is 6.82. The Morgan fingerprint density at radius 1 is 1.19 bits per heavy atom. The molecule has 3 heterocycles. The molecule has 2 aromatic heterocycles. The van der Waals surface area contributed by atoms with Gasteiger partial charge < -0.3 is 19.0 Å². The molecule has 0 aliphatic carbocycles. The van der Waals surface area contributed by atoms with Crippen LogP contribution in [0.25, 0.3) is 10.9 Å². The molecule has 1 aromatic carbocycles. The number of aryl methyl sites for hydroxylation is 1. The highest BCUT2D eigenvalue weighted by atomic mass is 16.5. The maximum Gasteiger partial charge on any atom is 0.254 e. The van der Waals surface area contributed by atoms with Gasteiger partial charge in [-0.3, -0.25) is 4.79 Å². The summed E-state index contributed by atoms with van der Waals surface area (Å²) in [6.07, 6.45) is 0. The van der Waals surface area contributed by atoms with Gasteiger partial charge in [0.2, 0.25) is 0 Å². The number of carbonyl (C=O) groups is 1. The van der Waals surface area contributed by atoms with Crippen LogP contribution in [0.15, 0.2) is 46.9 Å². The molecule has 0 bridgehead atoms. The zero-order valence-electron chi connectivity index (χ0n) is 15.6. The van der Waals surface area contributed by atoms with Crippen molar-refractivity contribution in [3.05, 3.63) is 59.5 Å². The molecular formula is C21H23N3O3. The Balaban J connectivity index is 1.70. The fraction of sp³-hybridized carbons (Fsp3) is 0.333. The number of benzene rings is 1. The van der Waals surface area contributed by atoms with Crippen molar-refractivity contribution in [3.63, 3.8) is 0 Å². The Hall–Kier alpha value is -2.86. The van der Waals surface area contributed by atoms with Gasteiger partial charge in [-0.25, -0.2) is 4.98 Å². The van der Waals surface area contributed by atoms with Crippen molar-refractivity contribution in [2.75, 3.05) is 38.3 Å². The smallest absolute Gasteiger partial charge is 0.254 e. The van der Waals surface area contributed by atoms with Gasteiger partial charge >= 0.3 is 0 Å². The Kier molecular flexibility index (Phi) is 4.81. The van der Waals surface area contributed by atoms with Gasteiger partial charge in [-0.15, -0.1) is 0 Å². The van der Waals surface area contributed by atoms with Crippen molar-refractivity contribution in [3.8, 4) is 0 Å². The molecule has 0 N–H and O–H groups in total. The van der Waals surface area contributed by atoms with Gasteiger partial charge in [0, 0.05) is 25.5 Å². The fourth-order valence-electron chi connectivity index (χ4n) is 3.36. The number of rotatable bonds is 4. The first kappa shape index (κ1) is 17.5. The average molecular weight is 365 g/mol. The zero-order valence-corrected chi connectivity index (χ0v) is 15.6. The average Bonchev–Trinajstić information content (AvgIpc) is 3.11. The molecule has 1 fully saturated rings. The third kappa shape index (κ3) is 3.66. The van der Waals surface area contributed by atoms with Gasteiger partial charge in [0.1, 0.15) is 17.3 Å². The maximum absolute atomic E-state index is 13.2. The number of nitrogens with zero attached hydrogens (tertiary/aromatic N) is 3. The largest absolute Gasteiger partial charge is 0.464 e. The van der Waals surface area contributed by atoms with E-state index in [1.54, 1.807) is 0 Å². The van der Waals surface area contributed by atoms with E-state index >= 15 is 0 Å². The second-order valence-corrected chi connectivity index (χ2v) is 6.82. The second kappa shape index (κ2) is 7.40. The monoisotopic (exact) mass is 365 g/mol. The Morgan fingerprint density at radius 3 is 2.70 bits per heavy atom. The van der Waals surface area contributed by atoms with E-state index in [0.29, 0.717) is 38.4 Å². The van der Waals surface area contributed by atoms with Crippen LogP contribution in [-0.2, 0) is 11.3 Å². The van der Waals surface area contributed by atoms with Crippen LogP contribution in [0.4, 0.5) is 5.82 Å². The molecule has 0 unspecified atom stereocenters. The van der Waals surface area contributed by atoms with Crippen LogP contribution in [0.3, 0.4) is 0 Å². The van der Waals surface area contributed by atoms with Crippen LogP contribution in [0.2, 0.25) is 0 Å². The number of hydrogen-bond donors (Lipinski definition) is 0. The molecule has 27 heavy (non-hydrogen) atoms. The molecule has 1 saturated heterocycles. The lowest BCUT2D eigenvalue weighted by atomic mass is 10.1. The van der Waals surface area contributed by atoms with Gasteiger partial charge in [-0.05, 0) is 31.2 Å². The van der Waals surface area contributed by atoms with E-state index in [1.807, 2.05) is 66.2 Å². The number of carbonyl (C=O) groups excluding carboxylic acids is 1. The number of aromatic nitrogens is 1. The van der Waals surface area contributed by atoms with Gasteiger partial charge in [-0.1, -0.05) is 18.2 Å². The molecule has 140 valence electrons. The summed E-state index contributed by atoms with van der Waals surface area (Å²) < 4.78 is 11.1. The van der Waals surface area contributed by atoms with Crippen molar-refractivity contribution < 1.29 is 13.9 Å². The highest BCUT2D eigenvalue weighted by molar-refractivity contribution is 6.07. The first-order valence-corrected chi connectivity index (χ1v) is 9.15. The predicted molar refractivity (Wildman–Crippen MR) is 104 cm³/mol. The molecule has 1 aliphatic rings. The summed E-state index contributed by atoms with van der Waals surface area (Å²) in [6, 6.07) is 13.6. The van der Waals surface area contributed by atoms with E-state index in [0.717, 1.165) is 28.2 Å². The number of hydrogen-bond acceptors (Lipinski definition) is 5. The summed E-state index contributed by atoms with van der Waals surface area (Å²) >= 11 is 0. The fourth-order valence-corrected chi connectivity index (χ4v) is 3.36. The predicted octanol–water partition coefficient (Wildman–Crippen LogP) is 3.25. The minimum Gasteiger partial charge on any atom is -0.464 e. The number of ether oxygens (including phenoxy) is 1. The van der Waals surface area contributed by atoms with Gasteiger partial charge in [0.05, 0.1) is 30.8 Å². The molecule has 0 saturated carbocycles. The van der Waals surface area contributed by atoms with Crippen LogP contribution < -0.4 is 4.90 Å². The lowest BCUT2D eigenvalue weighted by Crippen LogP contribution is -2.40. The van der Waals surface area contributed by atoms with Gasteiger partial charge in [-0.2, -0.15) is 0 Å². The van der Waals surface area contributed by atoms with Crippen molar-refractivity contribution in [1.29, 1.82) is 0 Å². The third-order valence-electron chi connectivity index (χ3n) is 4.81. The topological polar surface area (TPSA) is 58.8 Å². The van der Waals surface area contributed by atoms with E-state index in [-0.39, 0.29) is 5.91 Å². The summed E-state index contributed by atoms with van der Waals surface area (Å²) in [5.41, 5.74) is 1.49. The number of morpholine rings is 1. The van der Waals surface area contributed by atoms with Crippen molar-refractivity contribution in [2.45, 2.75) is 13.5 Å². The number of fused-ring (bicyclic) bond motifs is 1. The van der Waals surface area contributed by atoms with Crippen molar-refractivity contribution >= 4 is 22.6 Å². The molecule has 0 spiro atoms. The highest BCUT2D eigenvalue weighted by Crippen LogP contribution is 2.25. The van der Waals surface area contributed by atoms with Crippen molar-refractivity contribution in [2.24, 2.45) is 0 Å². The molecule has 6 heteroatoms. The van der Waals surface area contributed by atoms with Crippen LogP contribution in [0.1, 0.15) is 21.9 Å². The van der Waals surface area contributed by atoms with Gasteiger partial charge in [0.15, 0.2) is 0 Å². The number of amides is 1. The maximum atomic E-state index is 13.2. The summed E-state index contributed by atoms with van der Waals surface area (Å²) in [7, 11) is 1.96. The number of anilines is 1. The van der Waals surface area contributed by atoms with Crippen LogP contribution in [0.5, 0.6) is 0 Å². The van der Waals surface area contributed by atoms with Crippen LogP contribution in [-0.4, -0.2) is 49.1 Å². The van der Waals surface area contributed by atoms with E-state index in [1.165, 1.54) is 0 Å². The number of pyridine rings is 1. The third-order valence-corrected chi connectivity index (χ3v) is 4.81. The van der Waals surface area contributed by atoms with Crippen LogP contribution >= 0.6 is 0 Å². The molecule has 4 rings (SSSR count). The Bertz CT molecular complexity index is 960. The lowest BCUT2D eigenvalue weighted by Gasteiger charge is -2.28. The summed E-state index contributed by atoms with van der Waals surface area (Å²) in [6.45, 7) is 4.92. The van der Waals surface area contributed by atoms with E-state index in [9.17, 15) is 4.79 Å². The first-order chi connectivity index (χ1) is 13.1. The summed E-state index contributed by atoms with van der Waals surface area (Å²) in [4.78, 5) is 21.8. The molecule has 0 radical (unpaired) electrons. The highest BCUT2D eigenvalue weighted by Gasteiger charge is 2.22. The van der Waals surface area contributed by atoms with Crippen LogP contribution in [0, 0.1) is 6.92 Å². The molecular weight excluding hydrogens is 342 g/mol. The molecule has 1 aliphatic heterocycles. The van der Waals surface area contributed by atoms with Crippen molar-refractivity contribution in [1.82, 2.24) is 9.88 Å². The van der Waals surface area contributed by atoms with E-state index in [4.69, 9.17) is 14.1 Å². The summed E-state index contributed by atoms with van der Waals surface area (Å²) in [5.74, 6) is 2.53.